The van der Waals surface area contributed by atoms with E-state index in [0.717, 1.165) is 45.3 Å². The van der Waals surface area contributed by atoms with Crippen LogP contribution >= 0.6 is 0 Å². The van der Waals surface area contributed by atoms with Crippen LogP contribution in [0.5, 0.6) is 0 Å². The second-order valence-corrected chi connectivity index (χ2v) is 6.13. The fourth-order valence-corrected chi connectivity index (χ4v) is 2.92. The average molecular weight is 283 g/mol. The van der Waals surface area contributed by atoms with E-state index in [9.17, 15) is 4.79 Å². The van der Waals surface area contributed by atoms with Gasteiger partial charge in [0.1, 0.15) is 0 Å². The molecule has 1 saturated heterocycles. The van der Waals surface area contributed by atoms with Gasteiger partial charge in [0.25, 0.3) is 0 Å². The molecule has 20 heavy (non-hydrogen) atoms. The van der Waals surface area contributed by atoms with Gasteiger partial charge in [-0.05, 0) is 65.6 Å². The third-order valence-corrected chi connectivity index (χ3v) is 4.33. The highest BCUT2D eigenvalue weighted by Gasteiger charge is 2.24. The second kappa shape index (κ2) is 9.35. The maximum absolute atomic E-state index is 12.2. The quantitative estimate of drug-likeness (QED) is 0.717. The van der Waals surface area contributed by atoms with E-state index >= 15 is 0 Å². The molecule has 0 saturated carbocycles. The average Bonchev–Trinajstić information content (AvgIpc) is 2.43. The number of nitrogens with zero attached hydrogens (tertiary/aromatic N) is 1. The van der Waals surface area contributed by atoms with Gasteiger partial charge in [0.15, 0.2) is 0 Å². The van der Waals surface area contributed by atoms with Crippen LogP contribution in [0.1, 0.15) is 59.8 Å². The van der Waals surface area contributed by atoms with Crippen LogP contribution in [-0.2, 0) is 4.79 Å². The first-order chi connectivity index (χ1) is 9.56. The van der Waals surface area contributed by atoms with Gasteiger partial charge in [0, 0.05) is 12.1 Å². The lowest BCUT2D eigenvalue weighted by Gasteiger charge is -2.29. The molecule has 0 aromatic carbocycles. The summed E-state index contributed by atoms with van der Waals surface area (Å²) >= 11 is 0. The monoisotopic (exact) mass is 283 g/mol. The third kappa shape index (κ3) is 6.23. The van der Waals surface area contributed by atoms with Crippen molar-refractivity contribution in [3.8, 4) is 0 Å². The Bertz CT molecular complexity index is 279. The first-order valence-electron chi connectivity index (χ1n) is 8.35. The van der Waals surface area contributed by atoms with E-state index in [1.807, 2.05) is 0 Å². The number of carbonyl (C=O) groups excluding carboxylic acids is 1. The minimum Gasteiger partial charge on any atom is -0.352 e. The van der Waals surface area contributed by atoms with Gasteiger partial charge in [-0.3, -0.25) is 4.79 Å². The normalized spacial score (nSPS) is 24.6. The first kappa shape index (κ1) is 17.4. The molecule has 0 spiro atoms. The molecule has 0 radical (unpaired) electrons. The lowest BCUT2D eigenvalue weighted by molar-refractivity contribution is -0.124. The molecule has 1 fully saturated rings. The maximum atomic E-state index is 12.2. The van der Waals surface area contributed by atoms with E-state index in [0.29, 0.717) is 6.04 Å². The molecule has 1 aliphatic heterocycles. The Morgan fingerprint density at radius 3 is 2.65 bits per heavy atom. The van der Waals surface area contributed by atoms with Crippen LogP contribution < -0.4 is 10.6 Å². The molecule has 4 nitrogen and oxygen atoms in total. The van der Waals surface area contributed by atoms with Crippen LogP contribution in [0.2, 0.25) is 0 Å². The summed E-state index contributed by atoms with van der Waals surface area (Å²) in [5.74, 6) is 0.187. The van der Waals surface area contributed by atoms with Crippen molar-refractivity contribution in [2.75, 3.05) is 19.6 Å². The Hall–Kier alpha value is -0.610. The lowest BCUT2D eigenvalue weighted by Crippen LogP contribution is -2.51. The van der Waals surface area contributed by atoms with Gasteiger partial charge >= 0.3 is 0 Å². The van der Waals surface area contributed by atoms with Gasteiger partial charge < -0.3 is 15.5 Å². The highest BCUT2D eigenvalue weighted by Crippen LogP contribution is 2.12. The van der Waals surface area contributed by atoms with E-state index < -0.39 is 0 Å². The molecule has 3 atom stereocenters. The highest BCUT2D eigenvalue weighted by atomic mass is 16.2. The minimum atomic E-state index is 0.0176. The summed E-state index contributed by atoms with van der Waals surface area (Å²) in [6.07, 6.45) is 5.52. The summed E-state index contributed by atoms with van der Waals surface area (Å²) in [6, 6.07) is 0.763. The van der Waals surface area contributed by atoms with E-state index in [1.54, 1.807) is 0 Å². The van der Waals surface area contributed by atoms with Crippen molar-refractivity contribution in [3.63, 3.8) is 0 Å². The van der Waals surface area contributed by atoms with Crippen molar-refractivity contribution in [3.05, 3.63) is 0 Å². The second-order valence-electron chi connectivity index (χ2n) is 6.13. The zero-order valence-electron chi connectivity index (χ0n) is 13.7. The zero-order valence-corrected chi connectivity index (χ0v) is 13.7. The Balaban J connectivity index is 2.20. The molecule has 1 heterocycles. The number of amides is 1. The highest BCUT2D eigenvalue weighted by molar-refractivity contribution is 5.82. The van der Waals surface area contributed by atoms with Crippen molar-refractivity contribution in [2.24, 2.45) is 0 Å². The van der Waals surface area contributed by atoms with E-state index in [2.05, 4.69) is 43.2 Å². The molecule has 2 N–H and O–H groups in total. The molecule has 118 valence electrons. The number of carbonyl (C=O) groups is 1. The Morgan fingerprint density at radius 2 is 2.05 bits per heavy atom. The lowest BCUT2D eigenvalue weighted by atomic mass is 9.99. The Morgan fingerprint density at radius 1 is 1.35 bits per heavy atom. The van der Waals surface area contributed by atoms with Crippen molar-refractivity contribution in [1.82, 2.24) is 15.5 Å². The van der Waals surface area contributed by atoms with Gasteiger partial charge in [-0.1, -0.05) is 13.8 Å². The summed E-state index contributed by atoms with van der Waals surface area (Å²) in [5.41, 5.74) is 0. The number of hydrogen-bond donors (Lipinski definition) is 2. The molecule has 0 bridgehead atoms. The third-order valence-electron chi connectivity index (χ3n) is 4.33. The van der Waals surface area contributed by atoms with Gasteiger partial charge in [-0.2, -0.15) is 0 Å². The summed E-state index contributed by atoms with van der Waals surface area (Å²) in [5, 5.41) is 6.55. The van der Waals surface area contributed by atoms with Crippen LogP contribution in [0.15, 0.2) is 0 Å². The number of nitrogens with one attached hydrogen (secondary N) is 2. The van der Waals surface area contributed by atoms with Gasteiger partial charge in [0.05, 0.1) is 6.04 Å². The fraction of sp³-hybridized carbons (Fsp3) is 0.938. The fourth-order valence-electron chi connectivity index (χ4n) is 2.92. The van der Waals surface area contributed by atoms with Crippen molar-refractivity contribution in [2.45, 2.75) is 77.9 Å². The van der Waals surface area contributed by atoms with E-state index in [1.165, 1.54) is 6.42 Å². The molecule has 1 rings (SSSR count). The van der Waals surface area contributed by atoms with Crippen LogP contribution in [-0.4, -0.2) is 48.6 Å². The van der Waals surface area contributed by atoms with Crippen LogP contribution in [0.25, 0.3) is 0 Å². The molecule has 3 unspecified atom stereocenters. The summed E-state index contributed by atoms with van der Waals surface area (Å²) in [7, 11) is 0. The first-order valence-corrected chi connectivity index (χ1v) is 8.35. The van der Waals surface area contributed by atoms with Gasteiger partial charge in [-0.25, -0.2) is 0 Å². The molecule has 1 aliphatic rings. The topological polar surface area (TPSA) is 44.4 Å². The van der Waals surface area contributed by atoms with E-state index in [-0.39, 0.29) is 18.0 Å². The maximum Gasteiger partial charge on any atom is 0.237 e. The minimum absolute atomic E-state index is 0.0176. The van der Waals surface area contributed by atoms with Gasteiger partial charge in [0.2, 0.25) is 5.91 Å². The van der Waals surface area contributed by atoms with Crippen LogP contribution in [0.3, 0.4) is 0 Å². The molecule has 0 aromatic rings. The smallest absolute Gasteiger partial charge is 0.237 e. The summed E-state index contributed by atoms with van der Waals surface area (Å²) in [4.78, 5) is 14.6. The summed E-state index contributed by atoms with van der Waals surface area (Å²) < 4.78 is 0. The summed E-state index contributed by atoms with van der Waals surface area (Å²) in [6.45, 7) is 12.0. The largest absolute Gasteiger partial charge is 0.352 e. The van der Waals surface area contributed by atoms with Crippen molar-refractivity contribution in [1.29, 1.82) is 0 Å². The Kier molecular flexibility index (Phi) is 8.15. The molecule has 1 amide bonds. The predicted molar refractivity (Wildman–Crippen MR) is 84.9 cm³/mol. The number of rotatable bonds is 8. The Labute approximate surface area is 124 Å². The molecular weight excluding hydrogens is 250 g/mol. The van der Waals surface area contributed by atoms with Gasteiger partial charge in [-0.15, -0.1) is 0 Å². The zero-order chi connectivity index (χ0) is 15.0. The van der Waals surface area contributed by atoms with Crippen molar-refractivity contribution >= 4 is 5.91 Å². The number of hydrogen-bond acceptors (Lipinski definition) is 3. The predicted octanol–water partition coefficient (Wildman–Crippen LogP) is 2.14. The molecular formula is C16H33N3O. The molecule has 0 aliphatic carbocycles. The SMILES string of the molecule is CCN(CC)CCCC(C)NC(=O)C1CCCC(C)N1. The molecule has 0 aromatic heterocycles. The standard InChI is InChI=1S/C16H33N3O/c1-5-19(6-2)12-8-10-14(4)18-16(20)15-11-7-9-13(3)17-15/h13-15,17H,5-12H2,1-4H3,(H,18,20). The van der Waals surface area contributed by atoms with Crippen molar-refractivity contribution < 1.29 is 4.79 Å². The number of piperidine rings is 1. The van der Waals surface area contributed by atoms with E-state index in [4.69, 9.17) is 0 Å². The van der Waals surface area contributed by atoms with Crippen LogP contribution in [0, 0.1) is 0 Å². The molecule has 4 heteroatoms. The van der Waals surface area contributed by atoms with Crippen LogP contribution in [0.4, 0.5) is 0 Å².